The Balaban J connectivity index is 2.10. The monoisotopic (exact) mass is 400 g/mol. The number of benzene rings is 2. The quantitative estimate of drug-likeness (QED) is 0.512. The molecule has 146 valence electrons. The molecule has 0 fully saturated rings. The van der Waals surface area contributed by atoms with Crippen molar-refractivity contribution in [2.75, 3.05) is 24.2 Å². The highest BCUT2D eigenvalue weighted by molar-refractivity contribution is 7.92. The standard InChI is InChI=1S/C20H20N2O5S/c1-3-28(24,25)22-17-8-6-16(7-9-17)18(23)10-4-15-5-11-19(27-13-12-21)20(14-15)26-2/h4-11,14,22H,3,13H2,1-2H3/b10-4+. The number of hydrogen-bond donors (Lipinski definition) is 1. The van der Waals surface area contributed by atoms with Gasteiger partial charge in [-0.1, -0.05) is 12.1 Å². The third-order valence-corrected chi connectivity index (χ3v) is 5.04. The highest BCUT2D eigenvalue weighted by Gasteiger charge is 2.08. The number of sulfonamides is 1. The van der Waals surface area contributed by atoms with Crippen LogP contribution in [0.1, 0.15) is 22.8 Å². The molecule has 7 nitrogen and oxygen atoms in total. The molecule has 0 aromatic heterocycles. The molecule has 0 saturated heterocycles. The minimum absolute atomic E-state index is 0.0276. The van der Waals surface area contributed by atoms with Crippen LogP contribution in [-0.4, -0.2) is 33.7 Å². The number of rotatable bonds is 9. The summed E-state index contributed by atoms with van der Waals surface area (Å²) in [6.07, 6.45) is 3.04. The lowest BCUT2D eigenvalue weighted by Gasteiger charge is -2.08. The maximum Gasteiger partial charge on any atom is 0.232 e. The Kier molecular flexibility index (Phi) is 7.18. The van der Waals surface area contributed by atoms with Crippen molar-refractivity contribution in [2.24, 2.45) is 0 Å². The summed E-state index contributed by atoms with van der Waals surface area (Å²) in [4.78, 5) is 12.3. The first-order valence-corrected chi connectivity index (χ1v) is 10.0. The van der Waals surface area contributed by atoms with Gasteiger partial charge < -0.3 is 9.47 Å². The third kappa shape index (κ3) is 5.86. The van der Waals surface area contributed by atoms with E-state index in [-0.39, 0.29) is 18.1 Å². The van der Waals surface area contributed by atoms with Crippen LogP contribution >= 0.6 is 0 Å². The van der Waals surface area contributed by atoms with E-state index in [1.54, 1.807) is 55.5 Å². The van der Waals surface area contributed by atoms with Gasteiger partial charge in [-0.25, -0.2) is 8.42 Å². The zero-order chi connectivity index (χ0) is 20.6. The molecule has 0 aliphatic heterocycles. The van der Waals surface area contributed by atoms with Crippen molar-refractivity contribution < 1.29 is 22.7 Å². The predicted octanol–water partition coefficient (Wildman–Crippen LogP) is 3.26. The van der Waals surface area contributed by atoms with Crippen LogP contribution in [0.15, 0.2) is 48.5 Å². The number of ether oxygens (including phenoxy) is 2. The van der Waals surface area contributed by atoms with Gasteiger partial charge in [0.25, 0.3) is 0 Å². The molecule has 0 saturated carbocycles. The Morgan fingerprint density at radius 2 is 1.89 bits per heavy atom. The summed E-state index contributed by atoms with van der Waals surface area (Å²) >= 11 is 0. The van der Waals surface area contributed by atoms with E-state index in [0.29, 0.717) is 22.7 Å². The first kappa shape index (κ1) is 21.0. The number of ketones is 1. The van der Waals surface area contributed by atoms with Gasteiger partial charge >= 0.3 is 0 Å². The highest BCUT2D eigenvalue weighted by atomic mass is 32.2. The van der Waals surface area contributed by atoms with Gasteiger partial charge in [0.15, 0.2) is 23.9 Å². The van der Waals surface area contributed by atoms with Crippen LogP contribution in [0.3, 0.4) is 0 Å². The minimum Gasteiger partial charge on any atom is -0.493 e. The van der Waals surface area contributed by atoms with Gasteiger partial charge in [-0.2, -0.15) is 5.26 Å². The highest BCUT2D eigenvalue weighted by Crippen LogP contribution is 2.28. The fourth-order valence-electron chi connectivity index (χ4n) is 2.24. The molecule has 1 N–H and O–H groups in total. The van der Waals surface area contributed by atoms with E-state index >= 15 is 0 Å². The van der Waals surface area contributed by atoms with Gasteiger partial charge in [-0.05, 0) is 55.0 Å². The van der Waals surface area contributed by atoms with Gasteiger partial charge in [0, 0.05) is 11.3 Å². The second kappa shape index (κ2) is 9.58. The van der Waals surface area contributed by atoms with Gasteiger partial charge in [-0.3, -0.25) is 9.52 Å². The van der Waals surface area contributed by atoms with Crippen molar-refractivity contribution in [2.45, 2.75) is 6.92 Å². The van der Waals surface area contributed by atoms with E-state index in [2.05, 4.69) is 4.72 Å². The number of nitriles is 1. The van der Waals surface area contributed by atoms with E-state index in [1.807, 2.05) is 6.07 Å². The summed E-state index contributed by atoms with van der Waals surface area (Å²) in [5, 5.41) is 8.59. The molecule has 0 heterocycles. The number of anilines is 1. The molecule has 0 atom stereocenters. The molecule has 0 spiro atoms. The van der Waals surface area contributed by atoms with Crippen LogP contribution < -0.4 is 14.2 Å². The maximum absolute atomic E-state index is 12.3. The van der Waals surface area contributed by atoms with E-state index in [0.717, 1.165) is 5.56 Å². The largest absolute Gasteiger partial charge is 0.493 e. The maximum atomic E-state index is 12.3. The number of methoxy groups -OCH3 is 1. The van der Waals surface area contributed by atoms with Crippen molar-refractivity contribution in [1.82, 2.24) is 0 Å². The van der Waals surface area contributed by atoms with Crippen molar-refractivity contribution in [3.8, 4) is 17.6 Å². The minimum atomic E-state index is -3.36. The molecule has 0 aliphatic carbocycles. The molecule has 8 heteroatoms. The normalized spacial score (nSPS) is 11.0. The van der Waals surface area contributed by atoms with Crippen LogP contribution in [0.2, 0.25) is 0 Å². The fraction of sp³-hybridized carbons (Fsp3) is 0.200. The van der Waals surface area contributed by atoms with Gasteiger partial charge in [0.2, 0.25) is 10.0 Å². The summed E-state index contributed by atoms with van der Waals surface area (Å²) in [6.45, 7) is 1.46. The molecule has 0 unspecified atom stereocenters. The fourth-order valence-corrected chi connectivity index (χ4v) is 2.88. The van der Waals surface area contributed by atoms with Crippen LogP contribution in [0.4, 0.5) is 5.69 Å². The summed E-state index contributed by atoms with van der Waals surface area (Å²) in [7, 11) is -1.87. The molecule has 0 amide bonds. The van der Waals surface area contributed by atoms with Crippen LogP contribution in [0, 0.1) is 11.3 Å². The van der Waals surface area contributed by atoms with Crippen molar-refractivity contribution in [3.05, 3.63) is 59.7 Å². The van der Waals surface area contributed by atoms with E-state index in [9.17, 15) is 13.2 Å². The van der Waals surface area contributed by atoms with Crippen molar-refractivity contribution in [3.63, 3.8) is 0 Å². The van der Waals surface area contributed by atoms with E-state index in [4.69, 9.17) is 14.7 Å². The Labute approximate surface area is 164 Å². The van der Waals surface area contributed by atoms with E-state index < -0.39 is 10.0 Å². The molecule has 2 rings (SSSR count). The zero-order valence-corrected chi connectivity index (χ0v) is 16.3. The molecular weight excluding hydrogens is 380 g/mol. The topological polar surface area (TPSA) is 105 Å². The second-order valence-electron chi connectivity index (χ2n) is 5.64. The Morgan fingerprint density at radius 3 is 2.50 bits per heavy atom. The lowest BCUT2D eigenvalue weighted by Crippen LogP contribution is -2.14. The molecule has 0 radical (unpaired) electrons. The van der Waals surface area contributed by atoms with Crippen molar-refractivity contribution in [1.29, 1.82) is 5.26 Å². The van der Waals surface area contributed by atoms with Crippen molar-refractivity contribution >= 4 is 27.6 Å². The molecule has 28 heavy (non-hydrogen) atoms. The Bertz CT molecular complexity index is 1010. The Morgan fingerprint density at radius 1 is 1.18 bits per heavy atom. The summed E-state index contributed by atoms with van der Waals surface area (Å²) < 4.78 is 36.0. The molecule has 0 aliphatic rings. The van der Waals surface area contributed by atoms with Gasteiger partial charge in [0.1, 0.15) is 6.07 Å². The summed E-state index contributed by atoms with van der Waals surface area (Å²) in [5.74, 6) is 0.643. The number of carbonyl (C=O) groups is 1. The molecule has 0 bridgehead atoms. The smallest absolute Gasteiger partial charge is 0.232 e. The zero-order valence-electron chi connectivity index (χ0n) is 15.5. The van der Waals surface area contributed by atoms with Gasteiger partial charge in [-0.15, -0.1) is 0 Å². The molecule has 2 aromatic carbocycles. The number of allylic oxidation sites excluding steroid dienone is 1. The summed E-state index contributed by atoms with van der Waals surface area (Å²) in [5.41, 5.74) is 1.55. The molecular formula is C20H20N2O5S. The Hall–Kier alpha value is -3.31. The summed E-state index contributed by atoms with van der Waals surface area (Å²) in [6, 6.07) is 13.2. The lowest BCUT2D eigenvalue weighted by molar-refractivity contribution is 0.104. The average Bonchev–Trinajstić information content (AvgIpc) is 2.71. The average molecular weight is 400 g/mol. The van der Waals surface area contributed by atoms with Crippen LogP contribution in [0.25, 0.3) is 6.08 Å². The van der Waals surface area contributed by atoms with Gasteiger partial charge in [0.05, 0.1) is 12.9 Å². The lowest BCUT2D eigenvalue weighted by atomic mass is 10.1. The first-order valence-electron chi connectivity index (χ1n) is 8.39. The SMILES string of the molecule is CCS(=O)(=O)Nc1ccc(C(=O)/C=C/c2ccc(OCC#N)c(OC)c2)cc1. The van der Waals surface area contributed by atoms with E-state index in [1.165, 1.54) is 13.2 Å². The number of nitrogens with zero attached hydrogens (tertiary/aromatic N) is 1. The number of hydrogen-bond acceptors (Lipinski definition) is 6. The van der Waals surface area contributed by atoms with Crippen LogP contribution in [0.5, 0.6) is 11.5 Å². The first-order chi connectivity index (χ1) is 13.4. The third-order valence-electron chi connectivity index (χ3n) is 3.73. The van der Waals surface area contributed by atoms with Crippen LogP contribution in [-0.2, 0) is 10.0 Å². The second-order valence-corrected chi connectivity index (χ2v) is 7.65. The number of carbonyl (C=O) groups excluding carboxylic acids is 1. The number of nitrogens with one attached hydrogen (secondary N) is 1. The molecule has 2 aromatic rings. The predicted molar refractivity (Wildman–Crippen MR) is 107 cm³/mol.